The Morgan fingerprint density at radius 1 is 1.08 bits per heavy atom. The van der Waals surface area contributed by atoms with Crippen molar-refractivity contribution in [2.45, 2.75) is 42.0 Å². The van der Waals surface area contributed by atoms with Crippen molar-refractivity contribution in [3.8, 4) is 0 Å². The van der Waals surface area contributed by atoms with Crippen LogP contribution in [0.25, 0.3) is 0 Å². The molecule has 4 rings (SSSR count). The second-order valence-electron chi connectivity index (χ2n) is 7.13. The van der Waals surface area contributed by atoms with E-state index >= 15 is 0 Å². The topological polar surface area (TPSA) is 35.9 Å². The van der Waals surface area contributed by atoms with E-state index in [4.69, 9.17) is 9.84 Å². The van der Waals surface area contributed by atoms with Crippen LogP contribution in [-0.2, 0) is 4.74 Å². The lowest BCUT2D eigenvalue weighted by Crippen LogP contribution is -2.48. The highest BCUT2D eigenvalue weighted by atomic mass is 32.2. The molecule has 1 atom stereocenters. The minimum atomic E-state index is 0.280. The first-order valence-electron chi connectivity index (χ1n) is 9.32. The SMILES string of the molecule is OCCN1CCC(C2Sc3ccccc3N2C2CCOCC2)CC1. The Kier molecular flexibility index (Phi) is 5.32. The van der Waals surface area contributed by atoms with E-state index in [-0.39, 0.29) is 6.61 Å². The second kappa shape index (κ2) is 7.65. The van der Waals surface area contributed by atoms with Crippen LogP contribution in [0.3, 0.4) is 0 Å². The Hall–Kier alpha value is -0.750. The minimum absolute atomic E-state index is 0.280. The van der Waals surface area contributed by atoms with Crippen LogP contribution in [0.4, 0.5) is 5.69 Å². The van der Waals surface area contributed by atoms with Crippen LogP contribution >= 0.6 is 11.8 Å². The van der Waals surface area contributed by atoms with Crippen LogP contribution in [0, 0.1) is 5.92 Å². The summed E-state index contributed by atoms with van der Waals surface area (Å²) in [4.78, 5) is 6.59. The van der Waals surface area contributed by atoms with Crippen LogP contribution in [0.1, 0.15) is 25.7 Å². The number of β-amino-alcohol motifs (C(OH)–C–C–N with tert-alkyl or cyclic N) is 1. The summed E-state index contributed by atoms with van der Waals surface area (Å²) in [5, 5.41) is 9.73. The summed E-state index contributed by atoms with van der Waals surface area (Å²) in [5.41, 5.74) is 1.44. The first-order valence-corrected chi connectivity index (χ1v) is 10.2. The summed E-state index contributed by atoms with van der Waals surface area (Å²) in [7, 11) is 0. The van der Waals surface area contributed by atoms with Gasteiger partial charge in [0.1, 0.15) is 0 Å². The Labute approximate surface area is 149 Å². The molecule has 0 amide bonds. The van der Waals surface area contributed by atoms with E-state index in [0.717, 1.165) is 51.6 Å². The Balaban J connectivity index is 1.51. The molecule has 0 saturated carbocycles. The molecule has 5 heteroatoms. The van der Waals surface area contributed by atoms with E-state index in [9.17, 15) is 0 Å². The summed E-state index contributed by atoms with van der Waals surface area (Å²) >= 11 is 2.08. The summed E-state index contributed by atoms with van der Waals surface area (Å²) in [5.74, 6) is 0.736. The number of hydrogen-bond donors (Lipinski definition) is 1. The van der Waals surface area contributed by atoms with Gasteiger partial charge in [-0.05, 0) is 56.8 Å². The molecule has 0 radical (unpaired) electrons. The van der Waals surface area contributed by atoms with Gasteiger partial charge in [-0.25, -0.2) is 0 Å². The van der Waals surface area contributed by atoms with Gasteiger partial charge >= 0.3 is 0 Å². The average molecular weight is 349 g/mol. The van der Waals surface area contributed by atoms with E-state index in [2.05, 4.69) is 45.8 Å². The van der Waals surface area contributed by atoms with Gasteiger partial charge in [0, 0.05) is 30.7 Å². The first-order chi connectivity index (χ1) is 11.9. The molecule has 0 bridgehead atoms. The molecule has 132 valence electrons. The van der Waals surface area contributed by atoms with Gasteiger partial charge in [0.15, 0.2) is 0 Å². The maximum atomic E-state index is 9.16. The largest absolute Gasteiger partial charge is 0.395 e. The smallest absolute Gasteiger partial charge is 0.0830 e. The van der Waals surface area contributed by atoms with E-state index in [1.54, 1.807) is 0 Å². The summed E-state index contributed by atoms with van der Waals surface area (Å²) in [6, 6.07) is 9.56. The summed E-state index contributed by atoms with van der Waals surface area (Å²) in [6.45, 7) is 5.16. The molecule has 3 heterocycles. The number of fused-ring (bicyclic) bond motifs is 1. The molecular weight excluding hydrogens is 320 g/mol. The molecule has 1 aromatic carbocycles. The van der Waals surface area contributed by atoms with Crippen molar-refractivity contribution in [3.05, 3.63) is 24.3 Å². The van der Waals surface area contributed by atoms with Crippen LogP contribution < -0.4 is 4.90 Å². The highest BCUT2D eigenvalue weighted by molar-refractivity contribution is 8.00. The van der Waals surface area contributed by atoms with Crippen LogP contribution in [0.5, 0.6) is 0 Å². The lowest BCUT2D eigenvalue weighted by atomic mass is 9.94. The maximum Gasteiger partial charge on any atom is 0.0830 e. The minimum Gasteiger partial charge on any atom is -0.395 e. The zero-order chi connectivity index (χ0) is 16.4. The molecule has 2 saturated heterocycles. The van der Waals surface area contributed by atoms with Gasteiger partial charge in [-0.1, -0.05) is 23.9 Å². The molecule has 24 heavy (non-hydrogen) atoms. The number of piperidine rings is 1. The monoisotopic (exact) mass is 348 g/mol. The predicted octanol–water partition coefficient (Wildman–Crippen LogP) is 2.81. The quantitative estimate of drug-likeness (QED) is 0.905. The lowest BCUT2D eigenvalue weighted by molar-refractivity contribution is 0.0815. The van der Waals surface area contributed by atoms with Crippen molar-refractivity contribution in [1.82, 2.24) is 4.90 Å². The third-order valence-corrected chi connectivity index (χ3v) is 7.15. The maximum absolute atomic E-state index is 9.16. The molecule has 3 aliphatic rings. The van der Waals surface area contributed by atoms with E-state index < -0.39 is 0 Å². The zero-order valence-electron chi connectivity index (χ0n) is 14.3. The normalized spacial score (nSPS) is 26.7. The standard InChI is InChI=1S/C19H28N2O2S/c22-12-11-20-9-5-15(6-10-20)19-21(16-7-13-23-14-8-16)17-3-1-2-4-18(17)24-19/h1-4,15-16,19,22H,5-14H2. The van der Waals surface area contributed by atoms with Gasteiger partial charge in [-0.3, -0.25) is 0 Å². The highest BCUT2D eigenvalue weighted by Gasteiger charge is 2.40. The molecule has 4 nitrogen and oxygen atoms in total. The molecule has 3 aliphatic heterocycles. The third kappa shape index (κ3) is 3.32. The fraction of sp³-hybridized carbons (Fsp3) is 0.684. The van der Waals surface area contributed by atoms with Crippen molar-refractivity contribution in [2.24, 2.45) is 5.92 Å². The fourth-order valence-corrected chi connectivity index (χ4v) is 5.96. The third-order valence-electron chi connectivity index (χ3n) is 5.70. The number of ether oxygens (including phenoxy) is 1. The Morgan fingerprint density at radius 3 is 2.58 bits per heavy atom. The lowest BCUT2D eigenvalue weighted by Gasteiger charge is -2.42. The van der Waals surface area contributed by atoms with E-state index in [0.29, 0.717) is 11.4 Å². The predicted molar refractivity (Wildman–Crippen MR) is 98.7 cm³/mol. The molecule has 0 aromatic heterocycles. The fourth-order valence-electron chi connectivity index (χ4n) is 4.39. The molecular formula is C19H28N2O2S. The number of para-hydroxylation sites is 1. The molecule has 1 N–H and O–H groups in total. The second-order valence-corrected chi connectivity index (χ2v) is 8.29. The number of aliphatic hydroxyl groups excluding tert-OH is 1. The first kappa shape index (κ1) is 16.7. The number of anilines is 1. The van der Waals surface area contributed by atoms with Gasteiger partial charge in [0.05, 0.1) is 17.7 Å². The van der Waals surface area contributed by atoms with Gasteiger partial charge in [-0.2, -0.15) is 0 Å². The van der Waals surface area contributed by atoms with Gasteiger partial charge in [-0.15, -0.1) is 0 Å². The number of hydrogen-bond acceptors (Lipinski definition) is 5. The zero-order valence-corrected chi connectivity index (χ0v) is 15.1. The number of rotatable bonds is 4. The van der Waals surface area contributed by atoms with Crippen LogP contribution in [-0.4, -0.2) is 60.9 Å². The highest BCUT2D eigenvalue weighted by Crippen LogP contribution is 2.49. The number of benzene rings is 1. The average Bonchev–Trinajstić information content (AvgIpc) is 3.03. The van der Waals surface area contributed by atoms with Crippen LogP contribution in [0.15, 0.2) is 29.2 Å². The van der Waals surface area contributed by atoms with E-state index in [1.807, 2.05) is 0 Å². The number of nitrogens with zero attached hydrogens (tertiary/aromatic N) is 2. The summed E-state index contributed by atoms with van der Waals surface area (Å²) in [6.07, 6.45) is 4.78. The number of aliphatic hydroxyl groups is 1. The van der Waals surface area contributed by atoms with Crippen molar-refractivity contribution < 1.29 is 9.84 Å². The number of likely N-dealkylation sites (tertiary alicyclic amines) is 1. The number of thioether (sulfide) groups is 1. The van der Waals surface area contributed by atoms with Gasteiger partial charge < -0.3 is 19.6 Å². The molecule has 1 unspecified atom stereocenters. The van der Waals surface area contributed by atoms with Crippen molar-refractivity contribution >= 4 is 17.4 Å². The molecule has 1 aromatic rings. The van der Waals surface area contributed by atoms with Gasteiger partial charge in [0.25, 0.3) is 0 Å². The molecule has 0 spiro atoms. The van der Waals surface area contributed by atoms with Crippen molar-refractivity contribution in [1.29, 1.82) is 0 Å². The van der Waals surface area contributed by atoms with Gasteiger partial charge in [0.2, 0.25) is 0 Å². The van der Waals surface area contributed by atoms with E-state index in [1.165, 1.54) is 23.4 Å². The molecule has 0 aliphatic carbocycles. The summed E-state index contributed by atoms with van der Waals surface area (Å²) < 4.78 is 5.61. The molecule has 2 fully saturated rings. The Morgan fingerprint density at radius 2 is 1.83 bits per heavy atom. The van der Waals surface area contributed by atoms with Crippen molar-refractivity contribution in [2.75, 3.05) is 44.4 Å². The van der Waals surface area contributed by atoms with Crippen molar-refractivity contribution in [3.63, 3.8) is 0 Å². The Bertz CT molecular complexity index is 542. The van der Waals surface area contributed by atoms with Crippen LogP contribution in [0.2, 0.25) is 0 Å².